The van der Waals surface area contributed by atoms with Crippen molar-refractivity contribution in [3.05, 3.63) is 82.4 Å². The maximum Gasteiger partial charge on any atom is 0.266 e. The summed E-state index contributed by atoms with van der Waals surface area (Å²) in [4.78, 5) is 34.3. The molecule has 9 heteroatoms. The lowest BCUT2D eigenvalue weighted by molar-refractivity contribution is -0.113. The van der Waals surface area contributed by atoms with Crippen LogP contribution in [0.15, 0.2) is 76.8 Å². The van der Waals surface area contributed by atoms with Crippen molar-refractivity contribution in [1.82, 2.24) is 14.5 Å². The van der Waals surface area contributed by atoms with Gasteiger partial charge in [0.25, 0.3) is 5.56 Å². The zero-order valence-corrected chi connectivity index (χ0v) is 18.0. The standard InChI is InChI=1S/C22H17ClN4O3S/c1-30-15-7-4-6-14(12-15)27-21(29)16-8-2-3-9-17(16)26-22(27)31-13-19(28)25-18-10-5-11-24-20(18)23/h2-12H,13H2,1H3,(H,25,28). The van der Waals surface area contributed by atoms with Crippen LogP contribution in [0.3, 0.4) is 0 Å². The topological polar surface area (TPSA) is 86.1 Å². The number of nitrogens with one attached hydrogen (secondary N) is 1. The van der Waals surface area contributed by atoms with Gasteiger partial charge < -0.3 is 10.1 Å². The Kier molecular flexibility index (Phi) is 6.20. The zero-order chi connectivity index (χ0) is 21.8. The van der Waals surface area contributed by atoms with Gasteiger partial charge in [-0.3, -0.25) is 14.2 Å². The summed E-state index contributed by atoms with van der Waals surface area (Å²) in [6.07, 6.45) is 1.54. The van der Waals surface area contributed by atoms with E-state index in [2.05, 4.69) is 15.3 Å². The fraction of sp³-hybridized carbons (Fsp3) is 0.0909. The summed E-state index contributed by atoms with van der Waals surface area (Å²) in [6.45, 7) is 0. The second kappa shape index (κ2) is 9.20. The Morgan fingerprint density at radius 1 is 1.16 bits per heavy atom. The molecule has 2 aromatic carbocycles. The average Bonchev–Trinajstić information content (AvgIpc) is 2.79. The maximum absolute atomic E-state index is 13.3. The molecule has 0 aliphatic carbocycles. The Bertz CT molecular complexity index is 1330. The number of thioether (sulfide) groups is 1. The van der Waals surface area contributed by atoms with E-state index in [1.807, 2.05) is 6.07 Å². The number of carbonyl (C=O) groups is 1. The number of aromatic nitrogens is 3. The van der Waals surface area contributed by atoms with Gasteiger partial charge in [-0.15, -0.1) is 0 Å². The van der Waals surface area contributed by atoms with Crippen LogP contribution in [0, 0.1) is 0 Å². The first kappa shape index (κ1) is 20.9. The third kappa shape index (κ3) is 4.55. The number of para-hydroxylation sites is 1. The number of hydrogen-bond acceptors (Lipinski definition) is 6. The summed E-state index contributed by atoms with van der Waals surface area (Å²) in [7, 11) is 1.56. The lowest BCUT2D eigenvalue weighted by Crippen LogP contribution is -2.23. The summed E-state index contributed by atoms with van der Waals surface area (Å²) < 4.78 is 6.78. The number of ether oxygens (including phenoxy) is 1. The summed E-state index contributed by atoms with van der Waals surface area (Å²) in [6, 6.07) is 17.6. The zero-order valence-electron chi connectivity index (χ0n) is 16.4. The van der Waals surface area contributed by atoms with E-state index >= 15 is 0 Å². The molecule has 7 nitrogen and oxygen atoms in total. The Labute approximate surface area is 187 Å². The van der Waals surface area contributed by atoms with Crippen LogP contribution in [0.1, 0.15) is 0 Å². The molecule has 0 radical (unpaired) electrons. The number of carbonyl (C=O) groups excluding carboxylic acids is 1. The minimum atomic E-state index is -0.292. The predicted molar refractivity (Wildman–Crippen MR) is 122 cm³/mol. The highest BCUT2D eigenvalue weighted by Crippen LogP contribution is 2.24. The highest BCUT2D eigenvalue weighted by Gasteiger charge is 2.16. The van der Waals surface area contributed by atoms with Crippen molar-refractivity contribution in [3.63, 3.8) is 0 Å². The molecule has 4 rings (SSSR count). The summed E-state index contributed by atoms with van der Waals surface area (Å²) in [5, 5.41) is 3.81. The van der Waals surface area contributed by atoms with Gasteiger partial charge in [0.2, 0.25) is 5.91 Å². The number of methoxy groups -OCH3 is 1. The minimum absolute atomic E-state index is 0.0277. The van der Waals surface area contributed by atoms with Gasteiger partial charge in [0.05, 0.1) is 35.1 Å². The van der Waals surface area contributed by atoms with Crippen molar-refractivity contribution < 1.29 is 9.53 Å². The van der Waals surface area contributed by atoms with E-state index in [1.54, 1.807) is 67.9 Å². The molecule has 2 heterocycles. The smallest absolute Gasteiger partial charge is 0.266 e. The molecule has 1 amide bonds. The highest BCUT2D eigenvalue weighted by molar-refractivity contribution is 7.99. The van der Waals surface area contributed by atoms with Gasteiger partial charge in [0.1, 0.15) is 5.75 Å². The van der Waals surface area contributed by atoms with E-state index in [0.717, 1.165) is 11.8 Å². The van der Waals surface area contributed by atoms with Gasteiger partial charge in [-0.1, -0.05) is 41.6 Å². The number of hydrogen-bond donors (Lipinski definition) is 1. The van der Waals surface area contributed by atoms with E-state index in [4.69, 9.17) is 16.3 Å². The van der Waals surface area contributed by atoms with Crippen LogP contribution in [0.25, 0.3) is 16.6 Å². The second-order valence-corrected chi connectivity index (χ2v) is 7.73. The first-order valence-corrected chi connectivity index (χ1v) is 10.6. The molecule has 31 heavy (non-hydrogen) atoms. The Morgan fingerprint density at radius 3 is 2.81 bits per heavy atom. The fourth-order valence-electron chi connectivity index (χ4n) is 2.98. The summed E-state index contributed by atoms with van der Waals surface area (Å²) in [5.74, 6) is 0.344. The number of anilines is 1. The molecule has 0 aliphatic rings. The number of halogens is 1. The van der Waals surface area contributed by atoms with Crippen molar-refractivity contribution in [3.8, 4) is 11.4 Å². The predicted octanol–water partition coefficient (Wildman–Crippen LogP) is 4.17. The van der Waals surface area contributed by atoms with Crippen molar-refractivity contribution in [1.29, 1.82) is 0 Å². The Balaban J connectivity index is 1.70. The molecule has 0 spiro atoms. The van der Waals surface area contributed by atoms with Crippen molar-refractivity contribution in [2.45, 2.75) is 5.16 Å². The van der Waals surface area contributed by atoms with Crippen LogP contribution < -0.4 is 15.6 Å². The van der Waals surface area contributed by atoms with Crippen LogP contribution in [0.5, 0.6) is 5.75 Å². The lowest BCUT2D eigenvalue weighted by atomic mass is 10.2. The average molecular weight is 453 g/mol. The molecule has 0 saturated heterocycles. The van der Waals surface area contributed by atoms with Crippen LogP contribution in [0.4, 0.5) is 5.69 Å². The molecule has 0 aliphatic heterocycles. The molecular weight excluding hydrogens is 436 g/mol. The number of nitrogens with zero attached hydrogens (tertiary/aromatic N) is 3. The monoisotopic (exact) mass is 452 g/mol. The first-order valence-electron chi connectivity index (χ1n) is 9.26. The number of fused-ring (bicyclic) bond motifs is 1. The maximum atomic E-state index is 13.3. The molecule has 0 fully saturated rings. The SMILES string of the molecule is COc1cccc(-n2c(SCC(=O)Nc3cccnc3Cl)nc3ccccc3c2=O)c1. The normalized spacial score (nSPS) is 10.8. The van der Waals surface area contributed by atoms with Crippen LogP contribution in [-0.4, -0.2) is 33.3 Å². The van der Waals surface area contributed by atoms with Crippen molar-refractivity contribution in [2.75, 3.05) is 18.2 Å². The molecule has 156 valence electrons. The van der Waals surface area contributed by atoms with Gasteiger partial charge in [0.15, 0.2) is 10.3 Å². The van der Waals surface area contributed by atoms with Gasteiger partial charge in [-0.05, 0) is 36.4 Å². The molecule has 4 aromatic rings. The quantitative estimate of drug-likeness (QED) is 0.268. The van der Waals surface area contributed by atoms with E-state index in [0.29, 0.717) is 33.2 Å². The van der Waals surface area contributed by atoms with Crippen LogP contribution >= 0.6 is 23.4 Å². The Morgan fingerprint density at radius 2 is 2.00 bits per heavy atom. The molecule has 0 unspecified atom stereocenters. The third-order valence-corrected chi connectivity index (χ3v) is 5.66. The van der Waals surface area contributed by atoms with E-state index in [1.165, 1.54) is 4.57 Å². The highest BCUT2D eigenvalue weighted by atomic mass is 35.5. The molecule has 2 aromatic heterocycles. The van der Waals surface area contributed by atoms with Gasteiger partial charge >= 0.3 is 0 Å². The van der Waals surface area contributed by atoms with Gasteiger partial charge in [0, 0.05) is 12.3 Å². The molecule has 0 bridgehead atoms. The van der Waals surface area contributed by atoms with Crippen molar-refractivity contribution in [2.24, 2.45) is 0 Å². The van der Waals surface area contributed by atoms with Crippen molar-refractivity contribution >= 4 is 45.9 Å². The number of rotatable bonds is 6. The minimum Gasteiger partial charge on any atom is -0.497 e. The van der Waals surface area contributed by atoms with E-state index < -0.39 is 0 Å². The third-order valence-electron chi connectivity index (χ3n) is 4.42. The largest absolute Gasteiger partial charge is 0.497 e. The van der Waals surface area contributed by atoms with Gasteiger partial charge in [-0.25, -0.2) is 9.97 Å². The van der Waals surface area contributed by atoms with Crippen LogP contribution in [-0.2, 0) is 4.79 Å². The fourth-order valence-corrected chi connectivity index (χ4v) is 3.96. The molecular formula is C22H17ClN4O3S. The van der Waals surface area contributed by atoms with E-state index in [-0.39, 0.29) is 22.4 Å². The molecule has 0 atom stereocenters. The number of benzene rings is 2. The Hall–Kier alpha value is -3.36. The number of amides is 1. The number of pyridine rings is 1. The van der Waals surface area contributed by atoms with Crippen LogP contribution in [0.2, 0.25) is 5.15 Å². The summed E-state index contributed by atoms with van der Waals surface area (Å²) >= 11 is 7.16. The summed E-state index contributed by atoms with van der Waals surface area (Å²) in [5.41, 5.74) is 1.36. The lowest BCUT2D eigenvalue weighted by Gasteiger charge is -2.14. The van der Waals surface area contributed by atoms with E-state index in [9.17, 15) is 9.59 Å². The molecule has 1 N–H and O–H groups in total. The first-order chi connectivity index (χ1) is 15.1. The molecule has 0 saturated carbocycles. The second-order valence-electron chi connectivity index (χ2n) is 6.43. The van der Waals surface area contributed by atoms with Gasteiger partial charge in [-0.2, -0.15) is 0 Å².